The second-order valence-corrected chi connectivity index (χ2v) is 3.35. The Morgan fingerprint density at radius 2 is 1.76 bits per heavy atom. The highest BCUT2D eigenvalue weighted by molar-refractivity contribution is 6.40. The summed E-state index contributed by atoms with van der Waals surface area (Å²) in [6.45, 7) is 0. The van der Waals surface area contributed by atoms with Gasteiger partial charge < -0.3 is 0 Å². The van der Waals surface area contributed by atoms with E-state index < -0.39 is 21.2 Å². The quantitative estimate of drug-likeness (QED) is 0.356. The summed E-state index contributed by atoms with van der Waals surface area (Å²) in [5, 5.41) is 21.0. The summed E-state index contributed by atoms with van der Waals surface area (Å²) in [4.78, 5) is 29.7. The van der Waals surface area contributed by atoms with Crippen LogP contribution in [-0.2, 0) is 4.79 Å². The van der Waals surface area contributed by atoms with Crippen molar-refractivity contribution in [1.82, 2.24) is 0 Å². The van der Waals surface area contributed by atoms with Gasteiger partial charge in [-0.15, -0.1) is 0 Å². The molecule has 1 aromatic rings. The highest BCUT2D eigenvalue weighted by atomic mass is 35.5. The molecule has 0 unspecified atom stereocenters. The second kappa shape index (κ2) is 5.17. The van der Waals surface area contributed by atoms with E-state index in [1.807, 2.05) is 0 Å². The third-order valence-corrected chi connectivity index (χ3v) is 2.01. The van der Waals surface area contributed by atoms with E-state index in [0.717, 1.165) is 12.1 Å². The van der Waals surface area contributed by atoms with Gasteiger partial charge in [-0.1, -0.05) is 11.6 Å². The van der Waals surface area contributed by atoms with Crippen LogP contribution in [0, 0.1) is 20.2 Å². The Morgan fingerprint density at radius 1 is 1.18 bits per heavy atom. The normalized spacial score (nSPS) is 11.0. The lowest BCUT2D eigenvalue weighted by Crippen LogP contribution is -1.96. The molecule has 0 bridgehead atoms. The number of halogens is 1. The maximum atomic E-state index is 10.6. The lowest BCUT2D eigenvalue weighted by molar-refractivity contribution is -0.422. The predicted octanol–water partition coefficient (Wildman–Crippen LogP) is 2.28. The fourth-order valence-electron chi connectivity index (χ4n) is 1.12. The fourth-order valence-corrected chi connectivity index (χ4v) is 1.25. The number of carbonyl (C=O) groups is 1. The molecule has 0 saturated carbocycles. The highest BCUT2D eigenvalue weighted by Crippen LogP contribution is 2.28. The molecule has 0 radical (unpaired) electrons. The Labute approximate surface area is 99.6 Å². The molecule has 0 fully saturated rings. The molecule has 0 heterocycles. The molecule has 0 amide bonds. The number of nitro benzene ring substituents is 2. The number of allylic oxidation sites excluding steroid dienone is 1. The van der Waals surface area contributed by atoms with Gasteiger partial charge in [-0.05, 0) is 17.7 Å². The number of benzene rings is 1. The van der Waals surface area contributed by atoms with Crippen molar-refractivity contribution >= 4 is 35.3 Å². The lowest BCUT2D eigenvalue weighted by atomic mass is 10.1. The molecule has 1 aromatic carbocycles. The zero-order valence-electron chi connectivity index (χ0n) is 8.20. The van der Waals surface area contributed by atoms with Crippen molar-refractivity contribution in [3.05, 3.63) is 49.0 Å². The number of carbonyl (C=O) groups excluding carboxylic acids is 1. The number of hydrogen-bond acceptors (Lipinski definition) is 5. The first-order valence-electron chi connectivity index (χ1n) is 4.21. The van der Waals surface area contributed by atoms with Gasteiger partial charge in [0.25, 0.3) is 0 Å². The van der Waals surface area contributed by atoms with Crippen molar-refractivity contribution < 1.29 is 14.6 Å². The molecule has 0 saturated heterocycles. The third-order valence-electron chi connectivity index (χ3n) is 1.81. The molecule has 0 aliphatic rings. The largest absolute Gasteiger partial charge is 0.346 e. The van der Waals surface area contributed by atoms with Gasteiger partial charge in [0.1, 0.15) is 0 Å². The molecule has 8 heteroatoms. The van der Waals surface area contributed by atoms with Gasteiger partial charge in [0.2, 0.25) is 0 Å². The molecule has 1 rings (SSSR count). The minimum absolute atomic E-state index is 0.159. The van der Waals surface area contributed by atoms with E-state index in [1.54, 1.807) is 0 Å². The Kier molecular flexibility index (Phi) is 3.89. The van der Waals surface area contributed by atoms with E-state index in [1.165, 1.54) is 12.1 Å². The average Bonchev–Trinajstić information content (AvgIpc) is 2.28. The van der Waals surface area contributed by atoms with Crippen molar-refractivity contribution in [2.45, 2.75) is 0 Å². The molecule has 0 spiro atoms. The third kappa shape index (κ3) is 3.08. The van der Waals surface area contributed by atoms with Gasteiger partial charge in [0.05, 0.1) is 14.9 Å². The Balaban J connectivity index is 3.33. The zero-order valence-corrected chi connectivity index (χ0v) is 8.96. The maximum absolute atomic E-state index is 10.6. The van der Waals surface area contributed by atoms with Gasteiger partial charge >= 0.3 is 11.4 Å². The molecule has 0 aliphatic carbocycles. The van der Waals surface area contributed by atoms with Gasteiger partial charge in [-0.2, -0.15) is 0 Å². The van der Waals surface area contributed by atoms with Gasteiger partial charge in [0, 0.05) is 12.1 Å². The van der Waals surface area contributed by atoms with E-state index in [9.17, 15) is 25.0 Å². The van der Waals surface area contributed by atoms with Crippen LogP contribution in [0.5, 0.6) is 0 Å². The van der Waals surface area contributed by atoms with E-state index in [4.69, 9.17) is 11.6 Å². The van der Waals surface area contributed by atoms with Crippen molar-refractivity contribution in [1.29, 1.82) is 0 Å². The summed E-state index contributed by atoms with van der Waals surface area (Å²) in [6.07, 6.45) is 1.53. The standard InChI is InChI=1S/C9H5ClN2O5/c10-7(5-13)3-6-1-2-8(11(14)15)9(4-6)12(16)17/h1-5H. The van der Waals surface area contributed by atoms with Gasteiger partial charge in [-0.3, -0.25) is 25.0 Å². The van der Waals surface area contributed by atoms with Crippen LogP contribution in [0.25, 0.3) is 6.08 Å². The molecule has 0 aliphatic heterocycles. The Morgan fingerprint density at radius 3 is 2.24 bits per heavy atom. The maximum Gasteiger partial charge on any atom is 0.346 e. The van der Waals surface area contributed by atoms with Crippen LogP contribution < -0.4 is 0 Å². The number of nitro groups is 2. The predicted molar refractivity (Wildman–Crippen MR) is 59.6 cm³/mol. The molecular weight excluding hydrogens is 252 g/mol. The number of aldehydes is 1. The second-order valence-electron chi connectivity index (χ2n) is 2.91. The van der Waals surface area contributed by atoms with E-state index in [2.05, 4.69) is 0 Å². The van der Waals surface area contributed by atoms with E-state index in [-0.39, 0.29) is 10.6 Å². The summed E-state index contributed by atoms with van der Waals surface area (Å²) < 4.78 is 0. The molecule has 88 valence electrons. The van der Waals surface area contributed by atoms with E-state index in [0.29, 0.717) is 6.29 Å². The number of rotatable bonds is 4. The number of hydrogen-bond donors (Lipinski definition) is 0. The fraction of sp³-hybridized carbons (Fsp3) is 0. The first-order chi connectivity index (χ1) is 7.95. The minimum Gasteiger partial charge on any atom is -0.297 e. The van der Waals surface area contributed by atoms with Crippen molar-refractivity contribution in [2.75, 3.05) is 0 Å². The molecule has 0 atom stereocenters. The Bertz CT molecular complexity index is 526. The molecule has 0 aromatic heterocycles. The van der Waals surface area contributed by atoms with Crippen LogP contribution in [0.2, 0.25) is 0 Å². The first-order valence-corrected chi connectivity index (χ1v) is 4.58. The van der Waals surface area contributed by atoms with Crippen molar-refractivity contribution in [2.24, 2.45) is 0 Å². The monoisotopic (exact) mass is 256 g/mol. The van der Waals surface area contributed by atoms with Crippen LogP contribution in [0.15, 0.2) is 23.2 Å². The lowest BCUT2D eigenvalue weighted by Gasteiger charge is -1.97. The average molecular weight is 257 g/mol. The first kappa shape index (κ1) is 12.8. The summed E-state index contributed by atoms with van der Waals surface area (Å²) >= 11 is 5.42. The van der Waals surface area contributed by atoms with Crippen molar-refractivity contribution in [3.8, 4) is 0 Å². The van der Waals surface area contributed by atoms with Crippen molar-refractivity contribution in [3.63, 3.8) is 0 Å². The summed E-state index contributed by atoms with van der Waals surface area (Å²) in [6, 6.07) is 3.22. The van der Waals surface area contributed by atoms with Crippen LogP contribution in [-0.4, -0.2) is 16.1 Å². The van der Waals surface area contributed by atoms with Crippen LogP contribution >= 0.6 is 11.6 Å². The SMILES string of the molecule is O=CC(Cl)=Cc1ccc([N+](=O)[O-])c([N+](=O)[O-])c1. The summed E-state index contributed by atoms with van der Waals surface area (Å²) in [5.41, 5.74) is -1.03. The van der Waals surface area contributed by atoms with Gasteiger partial charge in [-0.25, -0.2) is 0 Å². The van der Waals surface area contributed by atoms with Crippen LogP contribution in [0.4, 0.5) is 11.4 Å². The van der Waals surface area contributed by atoms with Crippen LogP contribution in [0.3, 0.4) is 0 Å². The smallest absolute Gasteiger partial charge is 0.297 e. The molecule has 17 heavy (non-hydrogen) atoms. The van der Waals surface area contributed by atoms with Crippen LogP contribution in [0.1, 0.15) is 5.56 Å². The molecular formula is C9H5ClN2O5. The van der Waals surface area contributed by atoms with Gasteiger partial charge in [0.15, 0.2) is 6.29 Å². The Hall–Kier alpha value is -2.28. The highest BCUT2D eigenvalue weighted by Gasteiger charge is 2.23. The number of nitrogens with zero attached hydrogens (tertiary/aromatic N) is 2. The minimum atomic E-state index is -0.871. The molecule has 7 nitrogen and oxygen atoms in total. The topological polar surface area (TPSA) is 103 Å². The summed E-state index contributed by atoms with van der Waals surface area (Å²) in [5.74, 6) is 0. The van der Waals surface area contributed by atoms with E-state index >= 15 is 0 Å². The summed E-state index contributed by atoms with van der Waals surface area (Å²) in [7, 11) is 0. The molecule has 0 N–H and O–H groups in total. The zero-order chi connectivity index (χ0) is 13.0.